The molecule has 0 spiro atoms. The molecule has 2 nitrogen and oxygen atoms in total. The fraction of sp³-hybridized carbons (Fsp3) is 0.250. The van der Waals surface area contributed by atoms with Crippen molar-refractivity contribution in [2.75, 3.05) is 0 Å². The van der Waals surface area contributed by atoms with E-state index in [0.29, 0.717) is 16.1 Å². The van der Waals surface area contributed by atoms with Crippen molar-refractivity contribution in [1.29, 1.82) is 0 Å². The van der Waals surface area contributed by atoms with Gasteiger partial charge < -0.3 is 5.21 Å². The van der Waals surface area contributed by atoms with Crippen LogP contribution in [0.4, 0.5) is 4.39 Å². The largest absolute Gasteiger partial charge is 0.316 e. The maximum Gasteiger partial charge on any atom is 0.130 e. The van der Waals surface area contributed by atoms with E-state index in [9.17, 15) is 4.39 Å². The number of hydroxylamine groups is 1. The van der Waals surface area contributed by atoms with Gasteiger partial charge in [-0.1, -0.05) is 11.6 Å². The van der Waals surface area contributed by atoms with Gasteiger partial charge in [-0.15, -0.1) is 0 Å². The van der Waals surface area contributed by atoms with Crippen molar-refractivity contribution >= 4 is 11.6 Å². The quantitative estimate of drug-likeness (QED) is 0.700. The summed E-state index contributed by atoms with van der Waals surface area (Å²) >= 11 is 5.68. The molecule has 1 rings (SSSR count). The molecule has 0 unspecified atom stereocenters. The first-order chi connectivity index (χ1) is 5.65. The van der Waals surface area contributed by atoms with Gasteiger partial charge >= 0.3 is 0 Å². The van der Waals surface area contributed by atoms with Crippen molar-refractivity contribution in [2.45, 2.75) is 13.5 Å². The lowest BCUT2D eigenvalue weighted by atomic mass is 10.1. The summed E-state index contributed by atoms with van der Waals surface area (Å²) in [6.07, 6.45) is 0. The number of rotatable bonds is 2. The Kier molecular flexibility index (Phi) is 3.03. The molecule has 66 valence electrons. The molecule has 0 saturated heterocycles. The molecule has 0 fully saturated rings. The summed E-state index contributed by atoms with van der Waals surface area (Å²) in [6, 6.07) is 3.02. The molecule has 0 aliphatic heterocycles. The Hall–Kier alpha value is -0.640. The molecule has 12 heavy (non-hydrogen) atoms. The minimum atomic E-state index is -0.332. The summed E-state index contributed by atoms with van der Waals surface area (Å²) in [5, 5.41) is 8.84. The third-order valence-corrected chi connectivity index (χ3v) is 1.78. The molecule has 0 aromatic heterocycles. The number of halogens is 2. The lowest BCUT2D eigenvalue weighted by Gasteiger charge is -2.04. The number of benzene rings is 1. The van der Waals surface area contributed by atoms with E-state index in [0.717, 1.165) is 0 Å². The Bertz CT molecular complexity index is 291. The fourth-order valence-corrected chi connectivity index (χ4v) is 1.30. The van der Waals surface area contributed by atoms with Crippen LogP contribution in [-0.4, -0.2) is 5.21 Å². The van der Waals surface area contributed by atoms with Crippen molar-refractivity contribution < 1.29 is 9.60 Å². The normalized spacial score (nSPS) is 10.3. The maximum absolute atomic E-state index is 13.2. The first kappa shape index (κ1) is 9.45. The van der Waals surface area contributed by atoms with E-state index in [1.165, 1.54) is 12.1 Å². The molecular weight excluding hydrogens is 181 g/mol. The van der Waals surface area contributed by atoms with Gasteiger partial charge in [-0.3, -0.25) is 0 Å². The first-order valence-electron chi connectivity index (χ1n) is 3.46. The zero-order chi connectivity index (χ0) is 9.14. The predicted molar refractivity (Wildman–Crippen MR) is 44.8 cm³/mol. The highest BCUT2D eigenvalue weighted by molar-refractivity contribution is 6.30. The van der Waals surface area contributed by atoms with E-state index in [1.807, 2.05) is 5.48 Å². The molecule has 1 aromatic carbocycles. The molecule has 0 heterocycles. The van der Waals surface area contributed by atoms with Crippen LogP contribution in [0.2, 0.25) is 5.02 Å². The van der Waals surface area contributed by atoms with Crippen LogP contribution in [0.25, 0.3) is 0 Å². The van der Waals surface area contributed by atoms with Crippen LogP contribution in [0.5, 0.6) is 0 Å². The summed E-state index contributed by atoms with van der Waals surface area (Å²) in [5.74, 6) is -0.332. The fourth-order valence-electron chi connectivity index (χ4n) is 1.01. The van der Waals surface area contributed by atoms with Crippen LogP contribution >= 0.6 is 11.6 Å². The topological polar surface area (TPSA) is 32.3 Å². The average Bonchev–Trinajstić information content (AvgIpc) is 2.00. The van der Waals surface area contributed by atoms with E-state index in [1.54, 1.807) is 6.92 Å². The van der Waals surface area contributed by atoms with Crippen molar-refractivity contribution in [3.8, 4) is 0 Å². The SMILES string of the molecule is Cc1cc(Cl)cc(CNO)c1F. The molecule has 0 atom stereocenters. The second kappa shape index (κ2) is 3.85. The van der Waals surface area contributed by atoms with E-state index in [-0.39, 0.29) is 12.4 Å². The Balaban J connectivity index is 3.09. The van der Waals surface area contributed by atoms with Crippen LogP contribution in [0.1, 0.15) is 11.1 Å². The van der Waals surface area contributed by atoms with Crippen molar-refractivity contribution in [3.63, 3.8) is 0 Å². The van der Waals surface area contributed by atoms with Gasteiger partial charge in [-0.25, -0.2) is 9.87 Å². The monoisotopic (exact) mass is 189 g/mol. The van der Waals surface area contributed by atoms with Crippen molar-refractivity contribution in [2.24, 2.45) is 0 Å². The standard InChI is InChI=1S/C8H9ClFNO/c1-5-2-7(9)3-6(4-11-12)8(5)10/h2-3,11-12H,4H2,1H3. The molecule has 0 aliphatic carbocycles. The molecule has 4 heteroatoms. The van der Waals surface area contributed by atoms with Gasteiger partial charge in [-0.05, 0) is 24.6 Å². The second-order valence-corrected chi connectivity index (χ2v) is 2.97. The van der Waals surface area contributed by atoms with Crippen LogP contribution in [0, 0.1) is 12.7 Å². The van der Waals surface area contributed by atoms with Gasteiger partial charge in [0, 0.05) is 17.1 Å². The minimum Gasteiger partial charge on any atom is -0.316 e. The van der Waals surface area contributed by atoms with Crippen LogP contribution in [-0.2, 0) is 6.54 Å². The number of hydrogen-bond acceptors (Lipinski definition) is 2. The molecule has 0 aliphatic rings. The summed E-state index contributed by atoms with van der Waals surface area (Å²) in [6.45, 7) is 1.69. The molecular formula is C8H9ClFNO. The van der Waals surface area contributed by atoms with E-state index >= 15 is 0 Å². The highest BCUT2D eigenvalue weighted by Gasteiger charge is 2.05. The van der Waals surface area contributed by atoms with Crippen molar-refractivity contribution in [1.82, 2.24) is 5.48 Å². The van der Waals surface area contributed by atoms with E-state index in [2.05, 4.69) is 0 Å². The number of nitrogens with one attached hydrogen (secondary N) is 1. The molecule has 0 saturated carbocycles. The van der Waals surface area contributed by atoms with Gasteiger partial charge in [0.1, 0.15) is 5.82 Å². The molecule has 0 radical (unpaired) electrons. The van der Waals surface area contributed by atoms with Gasteiger partial charge in [0.05, 0.1) is 0 Å². The lowest BCUT2D eigenvalue weighted by molar-refractivity contribution is 0.160. The van der Waals surface area contributed by atoms with Crippen LogP contribution < -0.4 is 5.48 Å². The minimum absolute atomic E-state index is 0.0627. The van der Waals surface area contributed by atoms with Gasteiger partial charge in [-0.2, -0.15) is 0 Å². The molecule has 0 amide bonds. The van der Waals surface area contributed by atoms with E-state index in [4.69, 9.17) is 16.8 Å². The Morgan fingerprint density at radius 3 is 2.83 bits per heavy atom. The van der Waals surface area contributed by atoms with Crippen LogP contribution in [0.15, 0.2) is 12.1 Å². The second-order valence-electron chi connectivity index (χ2n) is 2.53. The first-order valence-corrected chi connectivity index (χ1v) is 3.84. The van der Waals surface area contributed by atoms with E-state index < -0.39 is 0 Å². The lowest BCUT2D eigenvalue weighted by Crippen LogP contribution is -2.08. The molecule has 0 bridgehead atoms. The Morgan fingerprint density at radius 2 is 2.25 bits per heavy atom. The van der Waals surface area contributed by atoms with Gasteiger partial charge in [0.15, 0.2) is 0 Å². The smallest absolute Gasteiger partial charge is 0.130 e. The number of hydrogen-bond donors (Lipinski definition) is 2. The van der Waals surface area contributed by atoms with Gasteiger partial charge in [0.25, 0.3) is 0 Å². The Morgan fingerprint density at radius 1 is 1.58 bits per heavy atom. The average molecular weight is 190 g/mol. The molecule has 2 N–H and O–H groups in total. The number of aryl methyl sites for hydroxylation is 1. The third kappa shape index (κ3) is 1.94. The zero-order valence-corrected chi connectivity index (χ0v) is 7.32. The highest BCUT2D eigenvalue weighted by atomic mass is 35.5. The zero-order valence-electron chi connectivity index (χ0n) is 6.56. The summed E-state index contributed by atoms with van der Waals surface area (Å²) in [7, 11) is 0. The van der Waals surface area contributed by atoms with Crippen LogP contribution in [0.3, 0.4) is 0 Å². The molecule has 1 aromatic rings. The summed E-state index contributed by atoms with van der Waals surface area (Å²) in [5.41, 5.74) is 2.72. The summed E-state index contributed by atoms with van der Waals surface area (Å²) < 4.78 is 13.2. The van der Waals surface area contributed by atoms with Crippen molar-refractivity contribution in [3.05, 3.63) is 34.1 Å². The maximum atomic E-state index is 13.2. The third-order valence-electron chi connectivity index (χ3n) is 1.56. The predicted octanol–water partition coefficient (Wildman–Crippen LogP) is 2.27. The highest BCUT2D eigenvalue weighted by Crippen LogP contribution is 2.18. The summed E-state index contributed by atoms with van der Waals surface area (Å²) in [4.78, 5) is 0. The Labute approximate surface area is 74.9 Å². The van der Waals surface area contributed by atoms with Gasteiger partial charge in [0.2, 0.25) is 0 Å².